The Morgan fingerprint density at radius 3 is 2.46 bits per heavy atom. The van der Waals surface area contributed by atoms with Crippen molar-refractivity contribution in [2.75, 3.05) is 13.7 Å². The van der Waals surface area contributed by atoms with Crippen LogP contribution in [0.15, 0.2) is 40.2 Å². The number of hydrogen-bond acceptors (Lipinski definition) is 4. The van der Waals surface area contributed by atoms with E-state index in [1.165, 1.54) is 0 Å². The number of nitrogens with one attached hydrogen (secondary N) is 1. The Kier molecular flexibility index (Phi) is 6.74. The molecule has 0 atom stereocenters. The molecule has 0 unspecified atom stereocenters. The van der Waals surface area contributed by atoms with Crippen LogP contribution in [0.1, 0.15) is 18.4 Å². The van der Waals surface area contributed by atoms with Crippen LogP contribution in [0.25, 0.3) is 0 Å². The Morgan fingerprint density at radius 1 is 1.38 bits per heavy atom. The van der Waals surface area contributed by atoms with Gasteiger partial charge in [0.25, 0.3) is 5.91 Å². The number of nitrogens with zero attached hydrogens (tertiary/aromatic N) is 1. The first-order valence-corrected chi connectivity index (χ1v) is 8.23. The third kappa shape index (κ3) is 5.05. The maximum absolute atomic E-state index is 13.7. The molecular formula is C18H19ClF2N2O3. The summed E-state index contributed by atoms with van der Waals surface area (Å²) < 4.78 is 37.5. The van der Waals surface area contributed by atoms with Crippen molar-refractivity contribution in [1.29, 1.82) is 0 Å². The van der Waals surface area contributed by atoms with E-state index in [2.05, 4.69) is 28.3 Å². The van der Waals surface area contributed by atoms with Crippen molar-refractivity contribution < 1.29 is 23.0 Å². The number of halogens is 3. The van der Waals surface area contributed by atoms with Gasteiger partial charge in [-0.15, -0.1) is 0 Å². The molecule has 1 saturated carbocycles. The summed E-state index contributed by atoms with van der Waals surface area (Å²) in [4.78, 5) is 16.1. The maximum atomic E-state index is 13.7. The van der Waals surface area contributed by atoms with Crippen LogP contribution in [-0.4, -0.2) is 26.3 Å². The lowest BCUT2D eigenvalue weighted by molar-refractivity contribution is -0.117. The smallest absolute Gasteiger partial charge is 0.258 e. The first-order chi connectivity index (χ1) is 12.4. The molecule has 0 radical (unpaired) electrons. The van der Waals surface area contributed by atoms with Crippen LogP contribution in [0.2, 0.25) is 0 Å². The average molecular weight is 385 g/mol. The van der Waals surface area contributed by atoms with Crippen LogP contribution in [-0.2, 0) is 16.1 Å². The SMILES string of the molecule is C=N/C(OCC1CC1)=C(\C(=C)Cl)C(=O)NCc1cc(F)c(OC)c(F)c1. The van der Waals surface area contributed by atoms with E-state index in [0.717, 1.165) is 32.1 Å². The van der Waals surface area contributed by atoms with E-state index < -0.39 is 23.3 Å². The van der Waals surface area contributed by atoms with Crippen LogP contribution < -0.4 is 10.1 Å². The summed E-state index contributed by atoms with van der Waals surface area (Å²) in [6.45, 7) is 7.18. The van der Waals surface area contributed by atoms with Crippen molar-refractivity contribution >= 4 is 24.2 Å². The Labute approximate surface area is 155 Å². The fourth-order valence-corrected chi connectivity index (χ4v) is 2.36. The minimum absolute atomic E-state index is 0.0264. The Hall–Kier alpha value is -2.41. The lowest BCUT2D eigenvalue weighted by Gasteiger charge is -2.13. The molecule has 1 aliphatic rings. The lowest BCUT2D eigenvalue weighted by atomic mass is 10.2. The quantitative estimate of drug-likeness (QED) is 0.306. The zero-order valence-corrected chi connectivity index (χ0v) is 15.0. The standard InChI is InChI=1S/C18H19ClF2N2O3/c1-10(19)15(18(22-2)26-9-11-4-5-11)17(24)23-8-12-6-13(20)16(25-3)14(21)7-12/h6-7,11H,1-2,4-5,8-9H2,3H3,(H,23,24)/b18-15-. The molecule has 2 rings (SSSR count). The highest BCUT2D eigenvalue weighted by Crippen LogP contribution is 2.30. The van der Waals surface area contributed by atoms with Gasteiger partial charge in [0.15, 0.2) is 17.4 Å². The number of amides is 1. The number of benzene rings is 1. The van der Waals surface area contributed by atoms with Gasteiger partial charge in [0, 0.05) is 6.54 Å². The molecule has 0 aromatic heterocycles. The van der Waals surface area contributed by atoms with Gasteiger partial charge in [0.05, 0.1) is 18.7 Å². The third-order valence-corrected chi connectivity index (χ3v) is 3.91. The molecule has 1 aliphatic carbocycles. The molecule has 1 fully saturated rings. The van der Waals surface area contributed by atoms with Crippen LogP contribution in [0.4, 0.5) is 8.78 Å². The van der Waals surface area contributed by atoms with E-state index >= 15 is 0 Å². The topological polar surface area (TPSA) is 59.9 Å². The highest BCUT2D eigenvalue weighted by Gasteiger charge is 2.25. The van der Waals surface area contributed by atoms with Crippen LogP contribution >= 0.6 is 11.6 Å². The van der Waals surface area contributed by atoms with Gasteiger partial charge in [-0.1, -0.05) is 18.2 Å². The molecule has 5 nitrogen and oxygen atoms in total. The van der Waals surface area contributed by atoms with Gasteiger partial charge in [0.2, 0.25) is 5.88 Å². The highest BCUT2D eigenvalue weighted by atomic mass is 35.5. The summed E-state index contributed by atoms with van der Waals surface area (Å²) in [5, 5.41) is 2.43. The second-order valence-electron chi connectivity index (χ2n) is 5.77. The van der Waals surface area contributed by atoms with E-state index in [9.17, 15) is 13.6 Å². The highest BCUT2D eigenvalue weighted by molar-refractivity contribution is 6.35. The molecular weight excluding hydrogens is 366 g/mol. The lowest BCUT2D eigenvalue weighted by Crippen LogP contribution is -2.26. The molecule has 1 N–H and O–H groups in total. The van der Waals surface area contributed by atoms with Crippen molar-refractivity contribution in [3.8, 4) is 5.75 Å². The van der Waals surface area contributed by atoms with Gasteiger partial charge >= 0.3 is 0 Å². The zero-order valence-electron chi connectivity index (χ0n) is 14.3. The van der Waals surface area contributed by atoms with Gasteiger partial charge in [0.1, 0.15) is 5.57 Å². The van der Waals surface area contributed by atoms with E-state index in [1.807, 2.05) is 0 Å². The molecule has 0 bridgehead atoms. The number of rotatable bonds is 9. The second kappa shape index (κ2) is 8.80. The van der Waals surface area contributed by atoms with E-state index in [4.69, 9.17) is 16.3 Å². The number of hydrogen-bond donors (Lipinski definition) is 1. The molecule has 0 spiro atoms. The Balaban J connectivity index is 2.12. The van der Waals surface area contributed by atoms with Crippen molar-refractivity contribution in [3.63, 3.8) is 0 Å². The molecule has 0 heterocycles. The summed E-state index contributed by atoms with van der Waals surface area (Å²) >= 11 is 5.90. The van der Waals surface area contributed by atoms with Gasteiger partial charge in [-0.2, -0.15) is 0 Å². The fraction of sp³-hybridized carbons (Fsp3) is 0.333. The summed E-state index contributed by atoms with van der Waals surface area (Å²) in [6, 6.07) is 2.13. The summed E-state index contributed by atoms with van der Waals surface area (Å²) in [5.74, 6) is -2.45. The zero-order chi connectivity index (χ0) is 19.3. The van der Waals surface area contributed by atoms with Crippen LogP contribution in [0.5, 0.6) is 5.75 Å². The summed E-state index contributed by atoms with van der Waals surface area (Å²) in [6.07, 6.45) is 2.12. The molecule has 1 amide bonds. The number of carbonyl (C=O) groups is 1. The van der Waals surface area contributed by atoms with Gasteiger partial charge in [-0.3, -0.25) is 4.79 Å². The monoisotopic (exact) mass is 384 g/mol. The maximum Gasteiger partial charge on any atom is 0.258 e. The molecule has 0 saturated heterocycles. The predicted molar refractivity (Wildman–Crippen MR) is 95.0 cm³/mol. The summed E-state index contributed by atoms with van der Waals surface area (Å²) in [7, 11) is 1.16. The summed E-state index contributed by atoms with van der Waals surface area (Å²) in [5.41, 5.74) is 0.137. The second-order valence-corrected chi connectivity index (χ2v) is 6.23. The van der Waals surface area contributed by atoms with Crippen molar-refractivity contribution in [1.82, 2.24) is 5.32 Å². The van der Waals surface area contributed by atoms with Crippen LogP contribution in [0.3, 0.4) is 0 Å². The molecule has 1 aromatic carbocycles. The van der Waals surface area contributed by atoms with Crippen molar-refractivity contribution in [2.45, 2.75) is 19.4 Å². The molecule has 26 heavy (non-hydrogen) atoms. The number of carbonyl (C=O) groups excluding carboxylic acids is 1. The third-order valence-electron chi connectivity index (χ3n) is 3.72. The molecule has 0 aliphatic heterocycles. The number of aliphatic imine (C=N–C) groups is 1. The first-order valence-electron chi connectivity index (χ1n) is 7.86. The van der Waals surface area contributed by atoms with Crippen molar-refractivity contribution in [2.24, 2.45) is 10.9 Å². The molecule has 140 valence electrons. The minimum Gasteiger partial charge on any atom is -0.491 e. The Bertz CT molecular complexity index is 738. The largest absolute Gasteiger partial charge is 0.491 e. The van der Waals surface area contributed by atoms with Crippen LogP contribution in [0, 0.1) is 17.6 Å². The van der Waals surface area contributed by atoms with Gasteiger partial charge in [-0.25, -0.2) is 13.8 Å². The normalized spacial score (nSPS) is 14.3. The Morgan fingerprint density at radius 2 is 2.00 bits per heavy atom. The van der Waals surface area contributed by atoms with Crippen molar-refractivity contribution in [3.05, 3.63) is 52.4 Å². The van der Waals surface area contributed by atoms with Gasteiger partial charge in [-0.05, 0) is 43.2 Å². The van der Waals surface area contributed by atoms with E-state index in [1.54, 1.807) is 0 Å². The number of ether oxygens (including phenoxy) is 2. The molecule has 8 heteroatoms. The van der Waals surface area contributed by atoms with Gasteiger partial charge < -0.3 is 14.8 Å². The fourth-order valence-electron chi connectivity index (χ4n) is 2.19. The average Bonchev–Trinajstić information content (AvgIpc) is 3.40. The molecule has 1 aromatic rings. The number of methoxy groups -OCH3 is 1. The van der Waals surface area contributed by atoms with E-state index in [0.29, 0.717) is 12.5 Å². The van der Waals surface area contributed by atoms with E-state index in [-0.39, 0.29) is 28.6 Å². The minimum atomic E-state index is -0.865. The predicted octanol–water partition coefficient (Wildman–Crippen LogP) is 3.68. The first kappa shape index (κ1) is 19.9.